The summed E-state index contributed by atoms with van der Waals surface area (Å²) in [5.74, 6) is 0. The van der Waals surface area contributed by atoms with E-state index in [1.165, 1.54) is 0 Å². The molecule has 0 unspecified atom stereocenters. The summed E-state index contributed by atoms with van der Waals surface area (Å²) in [7, 11) is -3.36. The normalized spacial score (nSPS) is 11.3. The number of nitrogens with zero attached hydrogens (tertiary/aromatic N) is 3. The Balaban J connectivity index is 2.90. The summed E-state index contributed by atoms with van der Waals surface area (Å²) in [6.45, 7) is 0. The zero-order chi connectivity index (χ0) is 11.4. The van der Waals surface area contributed by atoms with Crippen molar-refractivity contribution in [3.63, 3.8) is 0 Å². The molecular formula is C6H4BF3N3O2+. The van der Waals surface area contributed by atoms with Gasteiger partial charge in [-0.1, -0.05) is 0 Å². The Bertz CT molecular complexity index is 395. The second-order valence-electron chi connectivity index (χ2n) is 2.44. The van der Waals surface area contributed by atoms with E-state index in [2.05, 4.69) is 5.11 Å². The van der Waals surface area contributed by atoms with E-state index >= 15 is 0 Å². The van der Waals surface area contributed by atoms with E-state index in [1.807, 2.05) is 0 Å². The zero-order valence-electron chi connectivity index (χ0n) is 7.18. The smallest absolute Gasteiger partial charge is 0.258 e. The van der Waals surface area contributed by atoms with Crippen molar-refractivity contribution in [1.82, 2.24) is 0 Å². The second kappa shape index (κ2) is 4.53. The van der Waals surface area contributed by atoms with Gasteiger partial charge in [-0.05, 0) is 12.1 Å². The van der Waals surface area contributed by atoms with E-state index in [9.17, 15) is 23.2 Å². The third-order valence-electron chi connectivity index (χ3n) is 1.43. The molecule has 0 aliphatic heterocycles. The van der Waals surface area contributed by atoms with Gasteiger partial charge in [-0.15, -0.1) is 0 Å². The van der Waals surface area contributed by atoms with Gasteiger partial charge in [-0.25, -0.2) is 8.63 Å². The van der Waals surface area contributed by atoms with Gasteiger partial charge in [0.25, 0.3) is 5.69 Å². The lowest BCUT2D eigenvalue weighted by molar-refractivity contribution is -0.666. The molecule has 5 nitrogen and oxygen atoms in total. The summed E-state index contributed by atoms with van der Waals surface area (Å²) in [5, 5.41) is 13.1. The molecule has 0 radical (unpaired) electrons. The predicted octanol–water partition coefficient (Wildman–Crippen LogP) is 2.50. The fraction of sp³-hybridized carbons (Fsp3) is 0. The maximum Gasteiger partial charge on any atom is 1.00 e. The first kappa shape index (κ1) is 11.2. The first-order valence-electron chi connectivity index (χ1n) is 3.70. The molecule has 1 rings (SSSR count). The van der Waals surface area contributed by atoms with Gasteiger partial charge in [0.15, 0.2) is 0 Å². The lowest BCUT2D eigenvalue weighted by atomic mass is 10.3. The minimum absolute atomic E-state index is 0.136. The summed E-state index contributed by atoms with van der Waals surface area (Å²) < 4.78 is 35.6. The molecule has 0 amide bonds. The zero-order valence-corrected chi connectivity index (χ0v) is 7.18. The summed E-state index contributed by atoms with van der Waals surface area (Å²) >= 11 is 0. The monoisotopic (exact) mass is 218 g/mol. The SMILES string of the molecule is O=[N+]([O-])c1ccc(N=[N+](F)B(F)F)cc1. The number of non-ortho nitro benzene ring substituents is 1. The minimum atomic E-state index is -3.36. The third kappa shape index (κ3) is 3.04. The van der Waals surface area contributed by atoms with Gasteiger partial charge in [0.1, 0.15) is 5.69 Å². The molecule has 0 bridgehead atoms. The quantitative estimate of drug-likeness (QED) is 0.257. The highest BCUT2D eigenvalue weighted by Crippen LogP contribution is 2.18. The van der Waals surface area contributed by atoms with Crippen LogP contribution in [0.5, 0.6) is 0 Å². The minimum Gasteiger partial charge on any atom is -0.258 e. The lowest BCUT2D eigenvalue weighted by Crippen LogP contribution is -2.10. The molecule has 0 aliphatic rings. The van der Waals surface area contributed by atoms with E-state index in [0.717, 1.165) is 24.3 Å². The van der Waals surface area contributed by atoms with Crippen molar-refractivity contribution in [2.24, 2.45) is 5.11 Å². The number of hydrogen-bond donors (Lipinski definition) is 0. The molecule has 0 spiro atoms. The second-order valence-corrected chi connectivity index (χ2v) is 2.44. The number of rotatable bonds is 3. The molecule has 0 fully saturated rings. The fourth-order valence-electron chi connectivity index (χ4n) is 0.795. The number of nitro benzene ring substituents is 1. The molecule has 1 aromatic rings. The highest BCUT2D eigenvalue weighted by Gasteiger charge is 2.40. The molecule has 0 saturated carbocycles. The Hall–Kier alpha value is -1.93. The van der Waals surface area contributed by atoms with Crippen molar-refractivity contribution in [3.8, 4) is 0 Å². The first-order chi connectivity index (χ1) is 7.00. The van der Waals surface area contributed by atoms with Crippen molar-refractivity contribution < 1.29 is 22.9 Å². The molecule has 0 saturated heterocycles. The number of hydrogen-bond acceptors (Lipinski definition) is 3. The standard InChI is InChI=1S/C6H4BF3N3O2/c8-7(9)13(10)11-5-1-3-6(4-2-5)12(14)15/h1-4H/q+1. The molecule has 0 atom stereocenters. The fourth-order valence-corrected chi connectivity index (χ4v) is 0.795. The van der Waals surface area contributed by atoms with Crippen molar-refractivity contribution in [2.75, 3.05) is 0 Å². The topological polar surface area (TPSA) is 58.5 Å². The van der Waals surface area contributed by atoms with Crippen LogP contribution in [0.4, 0.5) is 24.5 Å². The highest BCUT2D eigenvalue weighted by atomic mass is 19.3. The summed E-state index contributed by atoms with van der Waals surface area (Å²) in [6.07, 6.45) is 0. The Morgan fingerprint density at radius 1 is 1.27 bits per heavy atom. The van der Waals surface area contributed by atoms with Crippen LogP contribution in [0.15, 0.2) is 29.4 Å². The van der Waals surface area contributed by atoms with Crippen molar-refractivity contribution >= 4 is 18.8 Å². The third-order valence-corrected chi connectivity index (χ3v) is 1.43. The molecular weight excluding hydrogens is 214 g/mol. The van der Waals surface area contributed by atoms with Crippen molar-refractivity contribution in [3.05, 3.63) is 34.4 Å². The van der Waals surface area contributed by atoms with E-state index in [4.69, 9.17) is 0 Å². The summed E-state index contributed by atoms with van der Waals surface area (Å²) in [4.78, 5) is 8.52. The van der Waals surface area contributed by atoms with Crippen LogP contribution >= 0.6 is 0 Å². The molecule has 1 aromatic carbocycles. The number of benzene rings is 1. The van der Waals surface area contributed by atoms with Gasteiger partial charge >= 0.3 is 7.40 Å². The van der Waals surface area contributed by atoms with Crippen molar-refractivity contribution in [1.29, 1.82) is 0 Å². The molecule has 9 heteroatoms. The Morgan fingerprint density at radius 3 is 2.20 bits per heavy atom. The first-order valence-corrected chi connectivity index (χ1v) is 3.70. The highest BCUT2D eigenvalue weighted by molar-refractivity contribution is 6.31. The van der Waals surface area contributed by atoms with Gasteiger partial charge in [-0.3, -0.25) is 10.1 Å². The van der Waals surface area contributed by atoms with Crippen LogP contribution < -0.4 is 0 Å². The van der Waals surface area contributed by atoms with Gasteiger partial charge in [0.05, 0.1) is 14.2 Å². The van der Waals surface area contributed by atoms with Crippen LogP contribution in [0, 0.1) is 10.1 Å². The van der Waals surface area contributed by atoms with Crippen LogP contribution in [0.1, 0.15) is 0 Å². The van der Waals surface area contributed by atoms with Crippen LogP contribution in [0.25, 0.3) is 0 Å². The van der Waals surface area contributed by atoms with Crippen LogP contribution in [-0.4, -0.2) is 17.2 Å². The number of halogens is 3. The van der Waals surface area contributed by atoms with Crippen LogP contribution in [0.3, 0.4) is 0 Å². The predicted molar refractivity (Wildman–Crippen MR) is 44.5 cm³/mol. The van der Waals surface area contributed by atoms with Crippen molar-refractivity contribution in [2.45, 2.75) is 0 Å². The van der Waals surface area contributed by atoms with Crippen LogP contribution in [-0.2, 0) is 0 Å². The molecule has 78 valence electrons. The maximum absolute atomic E-state index is 12.3. The molecule has 0 heterocycles. The van der Waals surface area contributed by atoms with E-state index in [0.29, 0.717) is 0 Å². The van der Waals surface area contributed by atoms with Gasteiger partial charge in [0.2, 0.25) is 0 Å². The average molecular weight is 218 g/mol. The van der Waals surface area contributed by atoms with E-state index in [-0.39, 0.29) is 11.4 Å². The van der Waals surface area contributed by atoms with Gasteiger partial charge in [0, 0.05) is 17.2 Å². The number of nitro groups is 1. The Morgan fingerprint density at radius 2 is 1.80 bits per heavy atom. The van der Waals surface area contributed by atoms with Gasteiger partial charge < -0.3 is 0 Å². The molecule has 0 N–H and O–H groups in total. The van der Waals surface area contributed by atoms with Crippen LogP contribution in [0.2, 0.25) is 0 Å². The maximum atomic E-state index is 12.3. The molecule has 0 aliphatic carbocycles. The Labute approximate surface area is 82.1 Å². The van der Waals surface area contributed by atoms with E-state index in [1.54, 1.807) is 0 Å². The van der Waals surface area contributed by atoms with E-state index < -0.39 is 17.2 Å². The van der Waals surface area contributed by atoms with Gasteiger partial charge in [-0.2, -0.15) is 0 Å². The lowest BCUT2D eigenvalue weighted by Gasteiger charge is -1.89. The average Bonchev–Trinajstić information content (AvgIpc) is 2.18. The molecule has 0 aromatic heterocycles. The largest absolute Gasteiger partial charge is 1.00 e. The summed E-state index contributed by atoms with van der Waals surface area (Å²) in [6, 6.07) is 4.20. The Kier molecular flexibility index (Phi) is 3.37. The molecule has 15 heavy (non-hydrogen) atoms. The summed E-state index contributed by atoms with van der Waals surface area (Å²) in [5.41, 5.74) is -0.361.